The largest absolute Gasteiger partial charge is 0.472 e. The number of quaternary nitrogens is 1. The highest BCUT2D eigenvalue weighted by Crippen LogP contribution is 2.43. The minimum absolute atomic E-state index is 0.0573. The predicted octanol–water partition coefficient (Wildman–Crippen LogP) is 8.24. The van der Waals surface area contributed by atoms with Crippen LogP contribution in [0.25, 0.3) is 0 Å². The molecule has 0 aromatic rings. The monoisotopic (exact) mass is 631 g/mol. The Labute approximate surface area is 264 Å². The van der Waals surface area contributed by atoms with Crippen LogP contribution in [0.1, 0.15) is 136 Å². The molecule has 0 heterocycles. The first kappa shape index (κ1) is 42.0. The first-order valence-electron chi connectivity index (χ1n) is 17.2. The molecule has 0 spiro atoms. The molecule has 0 radical (unpaired) electrons. The molecular weight excluding hydrogens is 563 g/mol. The fourth-order valence-electron chi connectivity index (χ4n) is 4.58. The molecule has 0 bridgehead atoms. The zero-order chi connectivity index (χ0) is 32.2. The molecule has 3 atom stereocenters. The van der Waals surface area contributed by atoms with Crippen molar-refractivity contribution in [3.8, 4) is 0 Å². The number of hydrogen-bond donors (Lipinski definition) is 3. The van der Waals surface area contributed by atoms with E-state index in [2.05, 4.69) is 31.3 Å². The van der Waals surface area contributed by atoms with E-state index in [1.165, 1.54) is 77.0 Å². The van der Waals surface area contributed by atoms with Crippen molar-refractivity contribution in [2.24, 2.45) is 0 Å². The van der Waals surface area contributed by atoms with Crippen molar-refractivity contribution in [3.05, 3.63) is 24.3 Å². The van der Waals surface area contributed by atoms with E-state index in [0.29, 0.717) is 17.4 Å². The number of amides is 1. The van der Waals surface area contributed by atoms with Gasteiger partial charge in [0.05, 0.1) is 39.9 Å². The fraction of sp³-hybridized carbons (Fsp3) is 0.853. The third-order valence-corrected chi connectivity index (χ3v) is 8.41. The van der Waals surface area contributed by atoms with Crippen LogP contribution in [0.15, 0.2) is 24.3 Å². The van der Waals surface area contributed by atoms with E-state index in [9.17, 15) is 19.4 Å². The van der Waals surface area contributed by atoms with Gasteiger partial charge in [-0.15, -0.1) is 0 Å². The number of unbranched alkanes of at least 4 members (excludes halogenated alkanes) is 15. The summed E-state index contributed by atoms with van der Waals surface area (Å²) in [5.74, 6) is -0.193. The molecule has 9 heteroatoms. The molecule has 0 fully saturated rings. The van der Waals surface area contributed by atoms with Crippen LogP contribution in [-0.4, -0.2) is 73.4 Å². The van der Waals surface area contributed by atoms with Gasteiger partial charge in [0.2, 0.25) is 5.91 Å². The van der Waals surface area contributed by atoms with Gasteiger partial charge in [-0.2, -0.15) is 0 Å². The van der Waals surface area contributed by atoms with Crippen LogP contribution in [0.2, 0.25) is 0 Å². The highest BCUT2D eigenvalue weighted by Gasteiger charge is 2.27. The Balaban J connectivity index is 4.66. The van der Waals surface area contributed by atoms with Crippen molar-refractivity contribution in [3.63, 3.8) is 0 Å². The summed E-state index contributed by atoms with van der Waals surface area (Å²) < 4.78 is 23.3. The summed E-state index contributed by atoms with van der Waals surface area (Å²) in [5.41, 5.74) is 0. The van der Waals surface area contributed by atoms with Gasteiger partial charge in [0, 0.05) is 6.42 Å². The first-order chi connectivity index (χ1) is 20.5. The number of phosphoric ester groups is 1. The second-order valence-electron chi connectivity index (χ2n) is 12.9. The van der Waals surface area contributed by atoms with E-state index in [-0.39, 0.29) is 19.1 Å². The van der Waals surface area contributed by atoms with Crippen LogP contribution in [0, 0.1) is 0 Å². The summed E-state index contributed by atoms with van der Waals surface area (Å²) >= 11 is 0. The molecule has 8 nitrogen and oxygen atoms in total. The lowest BCUT2D eigenvalue weighted by Crippen LogP contribution is -2.45. The molecule has 0 saturated carbocycles. The molecule has 0 rings (SSSR count). The van der Waals surface area contributed by atoms with Crippen molar-refractivity contribution in [2.45, 2.75) is 148 Å². The number of nitrogens with one attached hydrogen (secondary N) is 1. The van der Waals surface area contributed by atoms with Gasteiger partial charge in [-0.1, -0.05) is 122 Å². The Kier molecular flexibility index (Phi) is 26.7. The Morgan fingerprint density at radius 3 is 1.86 bits per heavy atom. The van der Waals surface area contributed by atoms with Crippen molar-refractivity contribution >= 4 is 13.7 Å². The molecule has 43 heavy (non-hydrogen) atoms. The minimum Gasteiger partial charge on any atom is -0.387 e. The zero-order valence-corrected chi connectivity index (χ0v) is 29.3. The lowest BCUT2D eigenvalue weighted by atomic mass is 10.0. The van der Waals surface area contributed by atoms with Crippen molar-refractivity contribution in [1.82, 2.24) is 5.32 Å². The number of nitrogens with zero attached hydrogens (tertiary/aromatic N) is 1. The highest BCUT2D eigenvalue weighted by molar-refractivity contribution is 7.47. The smallest absolute Gasteiger partial charge is 0.387 e. The third-order valence-electron chi connectivity index (χ3n) is 7.42. The Morgan fingerprint density at radius 1 is 0.767 bits per heavy atom. The van der Waals surface area contributed by atoms with E-state index < -0.39 is 20.0 Å². The molecule has 0 aliphatic heterocycles. The van der Waals surface area contributed by atoms with E-state index >= 15 is 0 Å². The second-order valence-corrected chi connectivity index (χ2v) is 14.3. The topological polar surface area (TPSA) is 105 Å². The fourth-order valence-corrected chi connectivity index (χ4v) is 5.32. The number of carbonyl (C=O) groups is 1. The van der Waals surface area contributed by atoms with Crippen LogP contribution in [0.4, 0.5) is 0 Å². The number of rotatable bonds is 30. The van der Waals surface area contributed by atoms with Gasteiger partial charge in [0.15, 0.2) is 0 Å². The SMILES string of the molecule is CCCCCC/C=C/CC/C=C/C(O)C(COP(=O)(O)OCC[N+](C)(C)C)NC(=O)CCCCCCCCCCCCC. The number of aliphatic hydroxyl groups excluding tert-OH is 1. The van der Waals surface area contributed by atoms with Crippen LogP contribution in [-0.2, 0) is 18.4 Å². The Bertz CT molecular complexity index is 768. The molecule has 1 amide bonds. The highest BCUT2D eigenvalue weighted by atomic mass is 31.2. The van der Waals surface area contributed by atoms with Crippen LogP contribution in [0.3, 0.4) is 0 Å². The Morgan fingerprint density at radius 2 is 1.28 bits per heavy atom. The molecule has 0 saturated heterocycles. The van der Waals surface area contributed by atoms with Gasteiger partial charge in [-0.05, 0) is 32.1 Å². The number of aliphatic hydroxyl groups is 1. The summed E-state index contributed by atoms with van der Waals surface area (Å²) in [5, 5.41) is 13.6. The number of likely N-dealkylation sites (N-methyl/N-ethyl adjacent to an activating group) is 1. The van der Waals surface area contributed by atoms with Gasteiger partial charge in [0.1, 0.15) is 13.2 Å². The standard InChI is InChI=1S/C34H67N2O6P/c1-6-8-10-12-14-16-18-20-22-24-26-28-34(38)35-32(31-42-43(39,40)41-30-29-36(3,4)5)33(37)27-25-23-21-19-17-15-13-11-9-7-2/h17,19,25,27,32-33,37H,6-16,18,20-24,26,28-31H2,1-5H3,(H-,35,38,39,40)/p+1/b19-17+,27-25+. The molecular formula is C34H68N2O6P+. The quantitative estimate of drug-likeness (QED) is 0.0319. The third kappa shape index (κ3) is 29.5. The molecule has 0 aliphatic carbocycles. The second kappa shape index (κ2) is 27.3. The number of carbonyl (C=O) groups excluding carboxylic acids is 1. The Hall–Kier alpha value is -1.02. The van der Waals surface area contributed by atoms with E-state index in [1.807, 2.05) is 27.2 Å². The van der Waals surface area contributed by atoms with Crippen molar-refractivity contribution in [2.75, 3.05) is 40.9 Å². The summed E-state index contributed by atoms with van der Waals surface area (Å²) in [6.07, 6.45) is 28.2. The normalized spacial score (nSPS) is 15.2. The summed E-state index contributed by atoms with van der Waals surface area (Å²) in [6.45, 7) is 4.71. The molecule has 3 unspecified atom stereocenters. The maximum absolute atomic E-state index is 12.7. The average molecular weight is 632 g/mol. The summed E-state index contributed by atoms with van der Waals surface area (Å²) in [7, 11) is 1.55. The number of phosphoric acid groups is 1. The molecule has 0 aromatic heterocycles. The van der Waals surface area contributed by atoms with E-state index in [0.717, 1.165) is 38.5 Å². The molecule has 254 valence electrons. The number of hydrogen-bond acceptors (Lipinski definition) is 5. The maximum atomic E-state index is 12.7. The van der Waals surface area contributed by atoms with Gasteiger partial charge >= 0.3 is 7.82 Å². The van der Waals surface area contributed by atoms with Gasteiger partial charge in [0.25, 0.3) is 0 Å². The minimum atomic E-state index is -4.32. The van der Waals surface area contributed by atoms with Gasteiger partial charge in [-0.25, -0.2) is 4.57 Å². The van der Waals surface area contributed by atoms with Gasteiger partial charge in [-0.3, -0.25) is 13.8 Å². The molecule has 3 N–H and O–H groups in total. The average Bonchev–Trinajstić information content (AvgIpc) is 2.94. The van der Waals surface area contributed by atoms with E-state index in [4.69, 9.17) is 9.05 Å². The van der Waals surface area contributed by atoms with E-state index in [1.54, 1.807) is 6.08 Å². The van der Waals surface area contributed by atoms with Crippen molar-refractivity contribution in [1.29, 1.82) is 0 Å². The lowest BCUT2D eigenvalue weighted by Gasteiger charge is -2.25. The summed E-state index contributed by atoms with van der Waals surface area (Å²) in [4.78, 5) is 22.8. The zero-order valence-electron chi connectivity index (χ0n) is 28.4. The maximum Gasteiger partial charge on any atom is 0.472 e. The van der Waals surface area contributed by atoms with Crippen LogP contribution < -0.4 is 5.32 Å². The van der Waals surface area contributed by atoms with Crippen molar-refractivity contribution < 1.29 is 32.9 Å². The van der Waals surface area contributed by atoms with Gasteiger partial charge < -0.3 is 19.8 Å². The molecule has 0 aliphatic rings. The lowest BCUT2D eigenvalue weighted by molar-refractivity contribution is -0.870. The summed E-state index contributed by atoms with van der Waals surface area (Å²) in [6, 6.07) is -0.854. The van der Waals surface area contributed by atoms with Crippen LogP contribution >= 0.6 is 7.82 Å². The predicted molar refractivity (Wildman–Crippen MR) is 180 cm³/mol. The van der Waals surface area contributed by atoms with Crippen LogP contribution in [0.5, 0.6) is 0 Å². The number of allylic oxidation sites excluding steroid dienone is 3. The first-order valence-corrected chi connectivity index (χ1v) is 18.7. The molecule has 0 aromatic carbocycles.